The Kier molecular flexibility index (Phi) is 6.09. The number of ether oxygens (including phenoxy) is 1. The van der Waals surface area contributed by atoms with Gasteiger partial charge in [0.1, 0.15) is 17.0 Å². The van der Waals surface area contributed by atoms with Gasteiger partial charge in [0.2, 0.25) is 5.95 Å². The van der Waals surface area contributed by atoms with Crippen LogP contribution in [0.25, 0.3) is 0 Å². The average molecular weight is 363 g/mol. The molecule has 1 amide bonds. The number of hydrogen-bond donors (Lipinski definition) is 3. The van der Waals surface area contributed by atoms with E-state index in [9.17, 15) is 18.0 Å². The van der Waals surface area contributed by atoms with E-state index in [0.717, 1.165) is 0 Å². The predicted molar refractivity (Wildman–Crippen MR) is 88.0 cm³/mol. The molecule has 10 heteroatoms. The number of rotatable bonds is 5. The minimum Gasteiger partial charge on any atom is -0.444 e. The summed E-state index contributed by atoms with van der Waals surface area (Å²) in [5, 5.41) is 5.27. The molecule has 0 radical (unpaired) electrons. The van der Waals surface area contributed by atoms with E-state index in [2.05, 4.69) is 20.6 Å². The van der Waals surface area contributed by atoms with Crippen molar-refractivity contribution in [3.63, 3.8) is 0 Å². The SMILES string of the molecule is CC(C)(CCNc1nc(N)ncc1C(F)(F)F)NC(=O)OC(C)(C)C. The molecule has 142 valence electrons. The second kappa shape index (κ2) is 7.32. The highest BCUT2D eigenvalue weighted by atomic mass is 19.4. The molecule has 1 rings (SSSR count). The molecule has 25 heavy (non-hydrogen) atoms. The normalized spacial score (nSPS) is 12.6. The van der Waals surface area contributed by atoms with Gasteiger partial charge in [-0.15, -0.1) is 0 Å². The number of halogens is 3. The molecule has 0 spiro atoms. The molecular formula is C15H24F3N5O2. The Labute approximate surface area is 144 Å². The second-order valence-corrected chi connectivity index (χ2v) is 7.18. The third kappa shape index (κ3) is 7.44. The van der Waals surface area contributed by atoms with Crippen LogP contribution in [0.3, 0.4) is 0 Å². The monoisotopic (exact) mass is 363 g/mol. The van der Waals surface area contributed by atoms with Crippen molar-refractivity contribution in [2.45, 2.75) is 58.4 Å². The number of aromatic nitrogens is 2. The van der Waals surface area contributed by atoms with Crippen LogP contribution >= 0.6 is 0 Å². The Hall–Kier alpha value is -2.26. The number of alkyl halides is 3. The summed E-state index contributed by atoms with van der Waals surface area (Å²) in [6, 6.07) is 0. The van der Waals surface area contributed by atoms with E-state index >= 15 is 0 Å². The molecule has 7 nitrogen and oxygen atoms in total. The van der Waals surface area contributed by atoms with Crippen LogP contribution in [0.1, 0.15) is 46.6 Å². The molecule has 1 heterocycles. The van der Waals surface area contributed by atoms with Gasteiger partial charge in [-0.3, -0.25) is 0 Å². The molecule has 0 aromatic carbocycles. The molecule has 0 atom stereocenters. The van der Waals surface area contributed by atoms with Crippen molar-refractivity contribution in [2.75, 3.05) is 17.6 Å². The average Bonchev–Trinajstić information content (AvgIpc) is 2.33. The van der Waals surface area contributed by atoms with Gasteiger partial charge < -0.3 is 21.1 Å². The van der Waals surface area contributed by atoms with Gasteiger partial charge >= 0.3 is 12.3 Å². The number of anilines is 2. The molecule has 0 aliphatic rings. The van der Waals surface area contributed by atoms with Crippen LogP contribution in [0.2, 0.25) is 0 Å². The highest BCUT2D eigenvalue weighted by Crippen LogP contribution is 2.33. The molecule has 0 saturated carbocycles. The lowest BCUT2D eigenvalue weighted by Gasteiger charge is -2.29. The molecule has 0 bridgehead atoms. The number of nitrogens with one attached hydrogen (secondary N) is 2. The van der Waals surface area contributed by atoms with E-state index in [1.54, 1.807) is 34.6 Å². The summed E-state index contributed by atoms with van der Waals surface area (Å²) in [5.74, 6) is -0.658. The summed E-state index contributed by atoms with van der Waals surface area (Å²) in [6.07, 6.45) is -4.23. The van der Waals surface area contributed by atoms with Crippen molar-refractivity contribution in [3.8, 4) is 0 Å². The fourth-order valence-corrected chi connectivity index (χ4v) is 1.87. The smallest absolute Gasteiger partial charge is 0.421 e. The Morgan fingerprint density at radius 3 is 2.36 bits per heavy atom. The first-order valence-electron chi connectivity index (χ1n) is 7.64. The van der Waals surface area contributed by atoms with Crippen molar-refractivity contribution < 1.29 is 22.7 Å². The first-order chi connectivity index (χ1) is 11.2. The number of nitrogen functional groups attached to an aromatic ring is 1. The number of amides is 1. The van der Waals surface area contributed by atoms with Gasteiger partial charge in [-0.1, -0.05) is 0 Å². The fourth-order valence-electron chi connectivity index (χ4n) is 1.87. The van der Waals surface area contributed by atoms with Crippen molar-refractivity contribution in [1.29, 1.82) is 0 Å². The lowest BCUT2D eigenvalue weighted by Crippen LogP contribution is -2.46. The highest BCUT2D eigenvalue weighted by Gasteiger charge is 2.35. The maximum absolute atomic E-state index is 12.9. The number of carbonyl (C=O) groups is 1. The van der Waals surface area contributed by atoms with Crippen LogP contribution < -0.4 is 16.4 Å². The van der Waals surface area contributed by atoms with Gasteiger partial charge in [-0.05, 0) is 41.0 Å². The van der Waals surface area contributed by atoms with Gasteiger partial charge in [0, 0.05) is 18.3 Å². The summed E-state index contributed by atoms with van der Waals surface area (Å²) in [4.78, 5) is 18.8. The minimum absolute atomic E-state index is 0.127. The first-order valence-corrected chi connectivity index (χ1v) is 7.64. The van der Waals surface area contributed by atoms with Crippen molar-refractivity contribution >= 4 is 17.9 Å². The van der Waals surface area contributed by atoms with E-state index in [1.165, 1.54) is 0 Å². The maximum Gasteiger partial charge on any atom is 0.421 e. The molecule has 0 fully saturated rings. The minimum atomic E-state index is -4.60. The largest absolute Gasteiger partial charge is 0.444 e. The Balaban J connectivity index is 2.67. The zero-order valence-electron chi connectivity index (χ0n) is 14.9. The molecular weight excluding hydrogens is 339 g/mol. The molecule has 0 saturated heterocycles. The summed E-state index contributed by atoms with van der Waals surface area (Å²) < 4.78 is 44.0. The topological polar surface area (TPSA) is 102 Å². The van der Waals surface area contributed by atoms with Gasteiger partial charge in [-0.2, -0.15) is 18.2 Å². The lowest BCUT2D eigenvalue weighted by molar-refractivity contribution is -0.137. The van der Waals surface area contributed by atoms with E-state index < -0.39 is 34.8 Å². The lowest BCUT2D eigenvalue weighted by atomic mass is 10.0. The highest BCUT2D eigenvalue weighted by molar-refractivity contribution is 5.68. The van der Waals surface area contributed by atoms with Crippen LogP contribution in [0.5, 0.6) is 0 Å². The van der Waals surface area contributed by atoms with E-state index in [4.69, 9.17) is 10.5 Å². The second-order valence-electron chi connectivity index (χ2n) is 7.18. The summed E-state index contributed by atoms with van der Waals surface area (Å²) in [6.45, 7) is 8.80. The van der Waals surface area contributed by atoms with E-state index in [1.807, 2.05) is 0 Å². The van der Waals surface area contributed by atoms with Crippen molar-refractivity contribution in [2.24, 2.45) is 0 Å². The summed E-state index contributed by atoms with van der Waals surface area (Å²) >= 11 is 0. The number of carbonyl (C=O) groups excluding carboxylic acids is 1. The van der Waals surface area contributed by atoms with Crippen LogP contribution in [-0.4, -0.2) is 33.7 Å². The number of alkyl carbamates (subject to hydrolysis) is 1. The third-order valence-corrected chi connectivity index (χ3v) is 2.99. The van der Waals surface area contributed by atoms with Crippen LogP contribution in [0, 0.1) is 0 Å². The fraction of sp³-hybridized carbons (Fsp3) is 0.667. The first kappa shape index (κ1) is 20.8. The Morgan fingerprint density at radius 2 is 1.84 bits per heavy atom. The van der Waals surface area contributed by atoms with E-state index in [0.29, 0.717) is 12.6 Å². The van der Waals surface area contributed by atoms with Crippen LogP contribution in [-0.2, 0) is 10.9 Å². The quantitative estimate of drug-likeness (QED) is 0.743. The van der Waals surface area contributed by atoms with Crippen molar-refractivity contribution in [1.82, 2.24) is 15.3 Å². The molecule has 0 aliphatic carbocycles. The van der Waals surface area contributed by atoms with Gasteiger partial charge in [0.25, 0.3) is 0 Å². The number of hydrogen-bond acceptors (Lipinski definition) is 6. The molecule has 0 aliphatic heterocycles. The zero-order valence-corrected chi connectivity index (χ0v) is 14.9. The maximum atomic E-state index is 12.9. The zero-order chi connectivity index (χ0) is 19.5. The van der Waals surface area contributed by atoms with Crippen molar-refractivity contribution in [3.05, 3.63) is 11.8 Å². The van der Waals surface area contributed by atoms with Crippen LogP contribution in [0.15, 0.2) is 6.20 Å². The number of nitrogens with zero attached hydrogens (tertiary/aromatic N) is 2. The van der Waals surface area contributed by atoms with E-state index in [-0.39, 0.29) is 12.5 Å². The Bertz CT molecular complexity index is 612. The molecule has 0 unspecified atom stereocenters. The summed E-state index contributed by atoms with van der Waals surface area (Å²) in [5.41, 5.74) is 3.01. The molecule has 1 aromatic heterocycles. The standard InChI is InChI=1S/C15H24F3N5O2/c1-13(2,3)25-12(24)23-14(4,5)6-7-20-10-9(15(16,17)18)8-21-11(19)22-10/h8H,6-7H2,1-5H3,(H,23,24)(H3,19,20,21,22). The van der Waals surface area contributed by atoms with Crippen LogP contribution in [0.4, 0.5) is 29.7 Å². The van der Waals surface area contributed by atoms with Gasteiger partial charge in [-0.25, -0.2) is 9.78 Å². The molecule has 4 N–H and O–H groups in total. The Morgan fingerprint density at radius 1 is 1.24 bits per heavy atom. The molecule has 1 aromatic rings. The van der Waals surface area contributed by atoms with Gasteiger partial charge in [0.15, 0.2) is 0 Å². The predicted octanol–water partition coefficient (Wildman–Crippen LogP) is 3.18. The third-order valence-electron chi connectivity index (χ3n) is 2.99. The number of nitrogens with two attached hydrogens (primary N) is 1. The van der Waals surface area contributed by atoms with Gasteiger partial charge in [0.05, 0.1) is 0 Å². The summed E-state index contributed by atoms with van der Waals surface area (Å²) in [7, 11) is 0.